The number of carbonyl (C=O) groups excluding carboxylic acids is 2. The van der Waals surface area contributed by atoms with Crippen LogP contribution in [0.2, 0.25) is 0 Å². The van der Waals surface area contributed by atoms with E-state index in [4.69, 9.17) is 31.2 Å². The number of rotatable bonds is 6. The smallest absolute Gasteiger partial charge is 0.480 e. The van der Waals surface area contributed by atoms with Crippen molar-refractivity contribution in [2.45, 2.75) is 29.3 Å². The molecule has 3 aliphatic heterocycles. The molecule has 2 aromatic carbocycles. The van der Waals surface area contributed by atoms with E-state index in [1.807, 2.05) is 12.1 Å². The van der Waals surface area contributed by atoms with Crippen molar-refractivity contribution in [1.29, 1.82) is 0 Å². The van der Waals surface area contributed by atoms with Crippen LogP contribution in [0.4, 0.5) is 18.9 Å². The van der Waals surface area contributed by atoms with Crippen molar-refractivity contribution in [1.82, 2.24) is 4.90 Å². The fourth-order valence-corrected chi connectivity index (χ4v) is 7.59. The number of alkyl halides is 3. The first-order valence-corrected chi connectivity index (χ1v) is 15.1. The van der Waals surface area contributed by atoms with Crippen LogP contribution in [-0.4, -0.2) is 87.9 Å². The summed E-state index contributed by atoms with van der Waals surface area (Å²) in [4.78, 5) is 47.9. The van der Waals surface area contributed by atoms with Gasteiger partial charge in [-0.25, -0.2) is 4.79 Å². The molecule has 0 spiro atoms. The maximum atomic E-state index is 12.6. The largest absolute Gasteiger partial charge is 0.490 e. The lowest BCUT2D eigenvalue weighted by Crippen LogP contribution is -2.47. The van der Waals surface area contributed by atoms with E-state index in [1.165, 1.54) is 10.6 Å². The Labute approximate surface area is 266 Å². The third-order valence-electron chi connectivity index (χ3n) is 7.81. The molecular formula is C31H33F3N4O7S. The number of allylic oxidation sites excluding steroid dienone is 3. The monoisotopic (exact) mass is 662 g/mol. The number of amides is 2. The highest BCUT2D eigenvalue weighted by Crippen LogP contribution is 2.56. The van der Waals surface area contributed by atoms with Gasteiger partial charge in [0.1, 0.15) is 6.54 Å². The lowest BCUT2D eigenvalue weighted by molar-refractivity contribution is -0.192. The van der Waals surface area contributed by atoms with Gasteiger partial charge in [0, 0.05) is 47.1 Å². The zero-order chi connectivity index (χ0) is 33.6. The van der Waals surface area contributed by atoms with Gasteiger partial charge >= 0.3 is 18.1 Å². The average molecular weight is 663 g/mol. The summed E-state index contributed by atoms with van der Waals surface area (Å²) in [6.45, 7) is 2.40. The Kier molecular flexibility index (Phi) is 11.1. The van der Waals surface area contributed by atoms with Crippen molar-refractivity contribution in [2.75, 3.05) is 31.2 Å². The van der Waals surface area contributed by atoms with E-state index >= 15 is 0 Å². The van der Waals surface area contributed by atoms with E-state index in [2.05, 4.69) is 23.1 Å². The highest BCUT2D eigenvalue weighted by molar-refractivity contribution is 8.01. The van der Waals surface area contributed by atoms with Crippen molar-refractivity contribution >= 4 is 41.2 Å². The van der Waals surface area contributed by atoms with Crippen molar-refractivity contribution < 1.29 is 47.3 Å². The molecular weight excluding hydrogens is 629 g/mol. The Morgan fingerprint density at radius 1 is 1.07 bits per heavy atom. The van der Waals surface area contributed by atoms with Crippen molar-refractivity contribution in [3.8, 4) is 0 Å². The predicted octanol–water partition coefficient (Wildman–Crippen LogP) is 2.87. The lowest BCUT2D eigenvalue weighted by atomic mass is 9.82. The molecule has 5 atom stereocenters. The van der Waals surface area contributed by atoms with Crippen LogP contribution in [-0.2, 0) is 25.7 Å². The standard InChI is InChI=1S/C16H16N2O3.C13H16N2O2S.C2HF3O2/c17-10-12-5-4-6-13(9-12)16(21)18(11-15(19)20)14-7-2-1-3-8-14;14-13(16)12-11-8-6-17-5-4-15(8)7-2-1-3-9(18-12)10(7)11;3-2(4,5)1(6)7/h1-9H,10-11,17H2,(H,19,20);1-3,8-12H,4-6H2,(H2,14,16);(H,6,7). The van der Waals surface area contributed by atoms with Crippen LogP contribution in [0.25, 0.3) is 0 Å². The SMILES string of the molecule is NC(=O)C1SC2C=CC=C3C2C1C1COCCN31.NCc1cccc(C(=O)N(CC(=O)O)c2ccccc2)c1.O=C(O)C(F)(F)F. The summed E-state index contributed by atoms with van der Waals surface area (Å²) in [5.74, 6) is -3.56. The van der Waals surface area contributed by atoms with Gasteiger partial charge in [0.2, 0.25) is 5.91 Å². The number of aliphatic carboxylic acids is 2. The number of thioether (sulfide) groups is 1. The molecule has 246 valence electrons. The van der Waals surface area contributed by atoms with E-state index in [0.717, 1.165) is 25.3 Å². The maximum Gasteiger partial charge on any atom is 0.490 e. The second kappa shape index (κ2) is 14.8. The molecule has 2 amide bonds. The molecule has 3 heterocycles. The second-order valence-electron chi connectivity index (χ2n) is 10.7. The van der Waals surface area contributed by atoms with Crippen LogP contribution in [0.3, 0.4) is 0 Å². The maximum absolute atomic E-state index is 12.6. The third-order valence-corrected chi connectivity index (χ3v) is 9.42. The number of halogens is 3. The van der Waals surface area contributed by atoms with Crippen LogP contribution in [0.1, 0.15) is 15.9 Å². The molecule has 5 unspecified atom stereocenters. The average Bonchev–Trinajstić information content (AvgIpc) is 3.60. The van der Waals surface area contributed by atoms with E-state index in [-0.39, 0.29) is 17.1 Å². The zero-order valence-electron chi connectivity index (χ0n) is 24.4. The number of nitrogens with zero attached hydrogens (tertiary/aromatic N) is 2. The molecule has 1 aliphatic carbocycles. The number of hydrogen-bond donors (Lipinski definition) is 4. The van der Waals surface area contributed by atoms with Crippen LogP contribution < -0.4 is 16.4 Å². The first kappa shape index (κ1) is 34.5. The predicted molar refractivity (Wildman–Crippen MR) is 164 cm³/mol. The topological polar surface area (TPSA) is 176 Å². The summed E-state index contributed by atoms with van der Waals surface area (Å²) in [6, 6.07) is 16.0. The zero-order valence-corrected chi connectivity index (χ0v) is 25.2. The summed E-state index contributed by atoms with van der Waals surface area (Å²) in [6.07, 6.45) is 1.47. The minimum absolute atomic E-state index is 0.0668. The van der Waals surface area contributed by atoms with Crippen molar-refractivity contribution in [3.63, 3.8) is 0 Å². The fraction of sp³-hybridized carbons (Fsp3) is 0.355. The molecule has 11 nitrogen and oxygen atoms in total. The number of carboxylic acid groups (broad SMARTS) is 2. The molecule has 0 saturated carbocycles. The number of morpholine rings is 1. The molecule has 3 fully saturated rings. The van der Waals surface area contributed by atoms with Gasteiger partial charge < -0.3 is 31.3 Å². The minimum atomic E-state index is -5.08. The molecule has 46 heavy (non-hydrogen) atoms. The van der Waals surface area contributed by atoms with Gasteiger partial charge in [-0.1, -0.05) is 42.5 Å². The number of primary amides is 1. The number of hydrogen-bond acceptors (Lipinski definition) is 8. The normalized spacial score (nSPS) is 23.8. The molecule has 0 radical (unpaired) electrons. The molecule has 6 N–H and O–H groups in total. The molecule has 15 heteroatoms. The number of fused-ring (bicyclic) bond motifs is 3. The Hall–Kier alpha value is -4.34. The van der Waals surface area contributed by atoms with Crippen molar-refractivity contribution in [3.05, 3.63) is 89.6 Å². The number of carbonyl (C=O) groups is 4. The van der Waals surface area contributed by atoms with E-state index in [1.54, 1.807) is 54.2 Å². The van der Waals surface area contributed by atoms with E-state index in [9.17, 15) is 27.6 Å². The van der Waals surface area contributed by atoms with Gasteiger partial charge in [-0.05, 0) is 35.9 Å². The first-order valence-electron chi connectivity index (χ1n) is 14.2. The van der Waals surface area contributed by atoms with Gasteiger partial charge in [0.15, 0.2) is 0 Å². The third kappa shape index (κ3) is 7.89. The van der Waals surface area contributed by atoms with Gasteiger partial charge in [0.05, 0.1) is 24.5 Å². The lowest BCUT2D eigenvalue weighted by Gasteiger charge is -2.36. The van der Waals surface area contributed by atoms with Gasteiger partial charge in [-0.3, -0.25) is 19.3 Å². The van der Waals surface area contributed by atoms with Gasteiger partial charge in [-0.15, -0.1) is 11.8 Å². The second-order valence-corrected chi connectivity index (χ2v) is 12.0. The number of carboxylic acids is 2. The molecule has 6 rings (SSSR count). The van der Waals surface area contributed by atoms with Crippen molar-refractivity contribution in [2.24, 2.45) is 23.3 Å². The number of benzene rings is 2. The highest BCUT2D eigenvalue weighted by atomic mass is 32.2. The quantitative estimate of drug-likeness (QED) is 0.360. The van der Waals surface area contributed by atoms with Crippen LogP contribution >= 0.6 is 11.8 Å². The van der Waals surface area contributed by atoms with Crippen LogP contribution in [0, 0.1) is 11.8 Å². The minimum Gasteiger partial charge on any atom is -0.480 e. The highest BCUT2D eigenvalue weighted by Gasteiger charge is 2.58. The number of ether oxygens (including phenoxy) is 1. The summed E-state index contributed by atoms with van der Waals surface area (Å²) in [7, 11) is 0. The van der Waals surface area contributed by atoms with Gasteiger partial charge in [0.25, 0.3) is 5.91 Å². The molecule has 0 bridgehead atoms. The summed E-state index contributed by atoms with van der Waals surface area (Å²) < 4.78 is 37.4. The Morgan fingerprint density at radius 3 is 2.37 bits per heavy atom. The summed E-state index contributed by atoms with van der Waals surface area (Å²) in [5.41, 5.74) is 14.4. The molecule has 2 aromatic rings. The Balaban J connectivity index is 0.000000175. The van der Waals surface area contributed by atoms with E-state index < -0.39 is 24.7 Å². The van der Waals surface area contributed by atoms with Crippen LogP contribution in [0.15, 0.2) is 78.5 Å². The van der Waals surface area contributed by atoms with Gasteiger partial charge in [-0.2, -0.15) is 13.2 Å². The fourth-order valence-electron chi connectivity index (χ4n) is 5.92. The first-order chi connectivity index (χ1) is 21.8. The summed E-state index contributed by atoms with van der Waals surface area (Å²) in [5, 5.41) is 16.5. The van der Waals surface area contributed by atoms with Crippen LogP contribution in [0.5, 0.6) is 0 Å². The number of para-hydroxylation sites is 1. The Bertz CT molecular complexity index is 1500. The molecule has 0 aromatic heterocycles. The van der Waals surface area contributed by atoms with E-state index in [0.29, 0.717) is 40.9 Å². The molecule has 4 aliphatic rings. The number of anilines is 1. The summed E-state index contributed by atoms with van der Waals surface area (Å²) >= 11 is 1.74. The number of nitrogens with two attached hydrogens (primary N) is 2. The molecule has 3 saturated heterocycles. The Morgan fingerprint density at radius 2 is 1.76 bits per heavy atom.